The number of fused-ring (bicyclic) bond motifs is 9. The summed E-state index contributed by atoms with van der Waals surface area (Å²) in [5.41, 5.74) is 16.2. The highest BCUT2D eigenvalue weighted by atomic mass is 16.5. The predicted molar refractivity (Wildman–Crippen MR) is 150 cm³/mol. The third-order valence-corrected chi connectivity index (χ3v) is 10.1. The number of nitrogens with zero attached hydrogens (tertiary/aromatic N) is 5. The van der Waals surface area contributed by atoms with Gasteiger partial charge in [-0.05, 0) is 66.8 Å². The van der Waals surface area contributed by atoms with Crippen molar-refractivity contribution in [2.45, 2.75) is 55.6 Å². The summed E-state index contributed by atoms with van der Waals surface area (Å²) in [6.07, 6.45) is 9.27. The molecule has 196 valence electrons. The Morgan fingerprint density at radius 1 is 1.03 bits per heavy atom. The fraction of sp³-hybridized carbons (Fsp3) is 0.406. The fourth-order valence-corrected chi connectivity index (χ4v) is 7.96. The normalized spacial score (nSPS) is 25.7. The molecule has 7 nitrogen and oxygen atoms in total. The van der Waals surface area contributed by atoms with Crippen LogP contribution in [0.1, 0.15) is 78.4 Å². The van der Waals surface area contributed by atoms with Crippen molar-refractivity contribution in [3.05, 3.63) is 83.7 Å². The van der Waals surface area contributed by atoms with Crippen molar-refractivity contribution in [3.63, 3.8) is 0 Å². The maximum atomic E-state index is 6.68. The summed E-state index contributed by atoms with van der Waals surface area (Å²) >= 11 is 0. The number of aromatic nitrogens is 4. The van der Waals surface area contributed by atoms with E-state index < -0.39 is 5.54 Å². The molecule has 5 aliphatic rings. The quantitative estimate of drug-likeness (QED) is 0.399. The Morgan fingerprint density at radius 3 is 2.54 bits per heavy atom. The highest BCUT2D eigenvalue weighted by molar-refractivity contribution is 5.84. The van der Waals surface area contributed by atoms with Crippen LogP contribution < -0.4 is 5.73 Å². The van der Waals surface area contributed by atoms with Crippen molar-refractivity contribution in [1.29, 1.82) is 0 Å². The standard InChI is InChI=1S/C32H32N6O/c1-18-22-4-3-5-23(19-6-7-19)28(22)26-11-27(37(18)2)29-36-24-9-8-20(10-25(24)38(26)29)21-12-34-30(35-13-21)32(33)14-31(15-32)16-39-17-31/h3-5,8-10,12-13,19,26-27H,1,6-7,11,14-17,33H2,2H3. The zero-order valence-electron chi connectivity index (χ0n) is 22.2. The fourth-order valence-electron chi connectivity index (χ4n) is 7.96. The molecule has 2 aromatic heterocycles. The first-order valence-electron chi connectivity index (χ1n) is 14.2. The minimum absolute atomic E-state index is 0.216. The molecule has 2 saturated carbocycles. The Balaban J connectivity index is 1.13. The summed E-state index contributed by atoms with van der Waals surface area (Å²) in [4.78, 5) is 17.0. The van der Waals surface area contributed by atoms with Crippen LogP contribution in [0.4, 0.5) is 0 Å². The lowest BCUT2D eigenvalue weighted by molar-refractivity contribution is -0.189. The van der Waals surface area contributed by atoms with Gasteiger partial charge in [0.25, 0.3) is 0 Å². The summed E-state index contributed by atoms with van der Waals surface area (Å²) in [7, 11) is 2.18. The zero-order chi connectivity index (χ0) is 26.1. The topological polar surface area (TPSA) is 82.1 Å². The van der Waals surface area contributed by atoms with Gasteiger partial charge in [0.05, 0.1) is 41.9 Å². The highest BCUT2D eigenvalue weighted by Gasteiger charge is 2.58. The maximum Gasteiger partial charge on any atom is 0.148 e. The van der Waals surface area contributed by atoms with Crippen molar-refractivity contribution < 1.29 is 4.74 Å². The molecule has 0 amide bonds. The van der Waals surface area contributed by atoms with Crippen LogP contribution in [0.25, 0.3) is 27.9 Å². The summed E-state index contributed by atoms with van der Waals surface area (Å²) in [5.74, 6) is 2.56. The Bertz CT molecular complexity index is 1690. The van der Waals surface area contributed by atoms with Crippen LogP contribution in [0.3, 0.4) is 0 Å². The lowest BCUT2D eigenvalue weighted by Gasteiger charge is -2.57. The molecular formula is C32H32N6O. The minimum atomic E-state index is -0.433. The van der Waals surface area contributed by atoms with Gasteiger partial charge in [-0.25, -0.2) is 15.0 Å². The average Bonchev–Trinajstić information content (AvgIpc) is 3.62. The summed E-state index contributed by atoms with van der Waals surface area (Å²) in [6, 6.07) is 13.9. The molecule has 3 fully saturated rings. The number of benzene rings is 2. The molecule has 0 radical (unpaired) electrons. The molecule has 2 bridgehead atoms. The van der Waals surface area contributed by atoms with Gasteiger partial charge in [0.15, 0.2) is 0 Å². The van der Waals surface area contributed by atoms with E-state index in [9.17, 15) is 0 Å². The van der Waals surface area contributed by atoms with Crippen LogP contribution in [-0.2, 0) is 10.3 Å². The van der Waals surface area contributed by atoms with Crippen LogP contribution in [0.2, 0.25) is 0 Å². The van der Waals surface area contributed by atoms with Gasteiger partial charge in [-0.15, -0.1) is 0 Å². The third-order valence-electron chi connectivity index (χ3n) is 10.1. The lowest BCUT2D eigenvalue weighted by atomic mass is 9.56. The first kappa shape index (κ1) is 22.3. The molecule has 7 heteroatoms. The number of nitrogens with two attached hydrogens (primary N) is 1. The minimum Gasteiger partial charge on any atom is -0.380 e. The molecule has 2 atom stereocenters. The molecule has 9 rings (SSSR count). The van der Waals surface area contributed by atoms with E-state index in [0.29, 0.717) is 5.92 Å². The Hall–Kier alpha value is -3.55. The Kier molecular flexibility index (Phi) is 4.20. The molecule has 4 aromatic rings. The van der Waals surface area contributed by atoms with Crippen LogP contribution in [0.15, 0.2) is 55.4 Å². The molecule has 5 heterocycles. The second-order valence-electron chi connectivity index (χ2n) is 12.7. The second kappa shape index (κ2) is 7.34. The van der Waals surface area contributed by atoms with Gasteiger partial charge in [0.1, 0.15) is 11.6 Å². The molecule has 2 unspecified atom stereocenters. The Labute approximate surface area is 227 Å². The van der Waals surface area contributed by atoms with E-state index in [1.807, 2.05) is 12.4 Å². The number of hydrogen-bond donors (Lipinski definition) is 1. The monoisotopic (exact) mass is 516 g/mol. The first-order chi connectivity index (χ1) is 18.9. The number of imidazole rings is 1. The van der Waals surface area contributed by atoms with Gasteiger partial charge in [0.2, 0.25) is 0 Å². The second-order valence-corrected chi connectivity index (χ2v) is 12.7. The van der Waals surface area contributed by atoms with E-state index in [1.165, 1.54) is 35.0 Å². The van der Waals surface area contributed by atoms with E-state index in [2.05, 4.69) is 59.5 Å². The van der Waals surface area contributed by atoms with Crippen molar-refractivity contribution in [3.8, 4) is 11.1 Å². The van der Waals surface area contributed by atoms with E-state index in [-0.39, 0.29) is 17.5 Å². The van der Waals surface area contributed by atoms with Gasteiger partial charge < -0.3 is 19.9 Å². The van der Waals surface area contributed by atoms with E-state index in [4.69, 9.17) is 25.4 Å². The van der Waals surface area contributed by atoms with Gasteiger partial charge in [-0.2, -0.15) is 0 Å². The lowest BCUT2D eigenvalue weighted by Crippen LogP contribution is -2.64. The molecule has 2 N–H and O–H groups in total. The van der Waals surface area contributed by atoms with Gasteiger partial charge >= 0.3 is 0 Å². The van der Waals surface area contributed by atoms with Gasteiger partial charge in [-0.3, -0.25) is 0 Å². The summed E-state index contributed by atoms with van der Waals surface area (Å²) in [5, 5.41) is 0. The van der Waals surface area contributed by atoms with Crippen LogP contribution in [-0.4, -0.2) is 44.7 Å². The van der Waals surface area contributed by atoms with Crippen molar-refractivity contribution in [2.24, 2.45) is 11.1 Å². The molecule has 1 saturated heterocycles. The van der Waals surface area contributed by atoms with Crippen molar-refractivity contribution in [1.82, 2.24) is 24.4 Å². The third kappa shape index (κ3) is 2.97. The van der Waals surface area contributed by atoms with Gasteiger partial charge in [-0.1, -0.05) is 30.8 Å². The highest BCUT2D eigenvalue weighted by Crippen LogP contribution is 2.56. The van der Waals surface area contributed by atoms with Crippen LogP contribution >= 0.6 is 0 Å². The van der Waals surface area contributed by atoms with Crippen LogP contribution in [0, 0.1) is 5.41 Å². The molecule has 2 aromatic carbocycles. The molecule has 39 heavy (non-hydrogen) atoms. The van der Waals surface area contributed by atoms with E-state index in [1.54, 1.807) is 0 Å². The van der Waals surface area contributed by atoms with E-state index >= 15 is 0 Å². The van der Waals surface area contributed by atoms with Gasteiger partial charge in [0, 0.05) is 41.7 Å². The van der Waals surface area contributed by atoms with Crippen LogP contribution in [0.5, 0.6) is 0 Å². The molecule has 1 spiro atoms. The molecule has 3 aliphatic heterocycles. The maximum absolute atomic E-state index is 6.68. The Morgan fingerprint density at radius 2 is 1.82 bits per heavy atom. The largest absolute Gasteiger partial charge is 0.380 e. The summed E-state index contributed by atoms with van der Waals surface area (Å²) in [6.45, 7) is 6.16. The smallest absolute Gasteiger partial charge is 0.148 e. The number of rotatable bonds is 3. The van der Waals surface area contributed by atoms with Crippen molar-refractivity contribution >= 4 is 16.7 Å². The summed E-state index contributed by atoms with van der Waals surface area (Å²) < 4.78 is 7.93. The van der Waals surface area contributed by atoms with E-state index in [0.717, 1.165) is 66.5 Å². The SMILES string of the molecule is C=C1c2cccc(C3CC3)c2C2CC(c3nc4ccc(-c5cnc(C6(N)CC7(COC7)C6)nc5)cc4n32)N1C. The predicted octanol–water partition coefficient (Wildman–Crippen LogP) is 5.29. The first-order valence-corrected chi connectivity index (χ1v) is 14.2. The average molecular weight is 517 g/mol. The molecular weight excluding hydrogens is 484 g/mol. The number of ether oxygens (including phenoxy) is 1. The van der Waals surface area contributed by atoms with Crippen molar-refractivity contribution in [2.75, 3.05) is 20.3 Å². The number of hydrogen-bond acceptors (Lipinski definition) is 6. The zero-order valence-corrected chi connectivity index (χ0v) is 22.2. The molecule has 2 aliphatic carbocycles.